The molecular formula is C14H18N2O3. The first-order valence-electron chi connectivity index (χ1n) is 6.56. The number of carbonyl (C=O) groups is 2. The van der Waals surface area contributed by atoms with Gasteiger partial charge in [0, 0.05) is 23.8 Å². The zero-order chi connectivity index (χ0) is 14.0. The van der Waals surface area contributed by atoms with Gasteiger partial charge >= 0.3 is 5.97 Å². The molecule has 0 aliphatic carbocycles. The number of amides is 1. The Bertz CT molecular complexity index is 501. The van der Waals surface area contributed by atoms with Crippen molar-refractivity contribution in [2.75, 3.05) is 0 Å². The van der Waals surface area contributed by atoms with E-state index < -0.39 is 5.97 Å². The van der Waals surface area contributed by atoms with Crippen molar-refractivity contribution in [3.8, 4) is 0 Å². The number of carbonyl (C=O) groups excluding carboxylic acids is 1. The molecule has 1 aromatic heterocycles. The quantitative estimate of drug-likeness (QED) is 0.906. The second-order valence-electron chi connectivity index (χ2n) is 4.94. The lowest BCUT2D eigenvalue weighted by molar-refractivity contribution is 0.0676. The van der Waals surface area contributed by atoms with Gasteiger partial charge in [0.25, 0.3) is 5.91 Å². The molecule has 102 valence electrons. The molecule has 2 atom stereocenters. The van der Waals surface area contributed by atoms with E-state index in [0.29, 0.717) is 5.56 Å². The minimum Gasteiger partial charge on any atom is -0.477 e. The Morgan fingerprint density at radius 3 is 2.84 bits per heavy atom. The average Bonchev–Trinajstić information content (AvgIpc) is 2.79. The van der Waals surface area contributed by atoms with Crippen LogP contribution < -0.4 is 0 Å². The Hall–Kier alpha value is -1.91. The summed E-state index contributed by atoms with van der Waals surface area (Å²) in [4.78, 5) is 29.0. The Balaban J connectivity index is 2.28. The molecule has 5 nitrogen and oxygen atoms in total. The number of hydrogen-bond donors (Lipinski definition) is 1. The van der Waals surface area contributed by atoms with E-state index >= 15 is 0 Å². The number of aromatic carboxylic acids is 1. The highest BCUT2D eigenvalue weighted by Crippen LogP contribution is 2.27. The van der Waals surface area contributed by atoms with Crippen molar-refractivity contribution >= 4 is 11.9 Å². The van der Waals surface area contributed by atoms with Gasteiger partial charge in [-0.3, -0.25) is 4.79 Å². The van der Waals surface area contributed by atoms with E-state index in [1.54, 1.807) is 6.07 Å². The van der Waals surface area contributed by atoms with Crippen LogP contribution in [0.1, 0.15) is 54.0 Å². The molecule has 2 heterocycles. The highest BCUT2D eigenvalue weighted by molar-refractivity contribution is 5.97. The van der Waals surface area contributed by atoms with Gasteiger partial charge in [-0.05, 0) is 38.3 Å². The Morgan fingerprint density at radius 1 is 1.47 bits per heavy atom. The molecule has 0 radical (unpaired) electrons. The van der Waals surface area contributed by atoms with Crippen LogP contribution in [0.25, 0.3) is 0 Å². The first-order valence-corrected chi connectivity index (χ1v) is 6.56. The second-order valence-corrected chi connectivity index (χ2v) is 4.94. The summed E-state index contributed by atoms with van der Waals surface area (Å²) in [6, 6.07) is 3.39. The monoisotopic (exact) mass is 262 g/mol. The standard InChI is InChI=1S/C14H18N2O3/c1-3-11-5-4-9(2)16(11)13(17)10-6-7-15-12(8-10)14(18)19/h6-9,11H,3-5H2,1-2H3,(H,18,19). The maximum absolute atomic E-state index is 12.5. The summed E-state index contributed by atoms with van der Waals surface area (Å²) < 4.78 is 0. The van der Waals surface area contributed by atoms with Crippen LogP contribution in [0.4, 0.5) is 0 Å². The zero-order valence-electron chi connectivity index (χ0n) is 11.2. The van der Waals surface area contributed by atoms with Crippen LogP contribution in [-0.2, 0) is 0 Å². The summed E-state index contributed by atoms with van der Waals surface area (Å²) in [6.07, 6.45) is 4.31. The lowest BCUT2D eigenvalue weighted by Crippen LogP contribution is -2.39. The van der Waals surface area contributed by atoms with Crippen LogP contribution >= 0.6 is 0 Å². The molecule has 1 saturated heterocycles. The van der Waals surface area contributed by atoms with Crippen LogP contribution in [0, 0.1) is 0 Å². The highest BCUT2D eigenvalue weighted by Gasteiger charge is 2.33. The second kappa shape index (κ2) is 5.38. The number of likely N-dealkylation sites (tertiary alicyclic amines) is 1. The van der Waals surface area contributed by atoms with E-state index in [9.17, 15) is 9.59 Å². The lowest BCUT2D eigenvalue weighted by atomic mass is 10.1. The highest BCUT2D eigenvalue weighted by atomic mass is 16.4. The van der Waals surface area contributed by atoms with Crippen LogP contribution in [0.5, 0.6) is 0 Å². The third-order valence-corrected chi connectivity index (χ3v) is 3.72. The van der Waals surface area contributed by atoms with Crippen molar-refractivity contribution in [1.29, 1.82) is 0 Å². The lowest BCUT2D eigenvalue weighted by Gasteiger charge is -2.28. The number of pyridine rings is 1. The number of carboxylic acid groups (broad SMARTS) is 1. The minimum atomic E-state index is -1.11. The summed E-state index contributed by atoms with van der Waals surface area (Å²) in [5, 5.41) is 8.92. The predicted octanol–water partition coefficient (Wildman–Crippen LogP) is 2.18. The van der Waals surface area contributed by atoms with E-state index in [4.69, 9.17) is 5.11 Å². The van der Waals surface area contributed by atoms with Crippen LogP contribution in [0.15, 0.2) is 18.3 Å². The molecule has 0 spiro atoms. The van der Waals surface area contributed by atoms with Gasteiger partial charge in [-0.25, -0.2) is 9.78 Å². The molecule has 2 rings (SSSR count). The topological polar surface area (TPSA) is 70.5 Å². The van der Waals surface area contributed by atoms with Gasteiger partial charge in [0.1, 0.15) is 5.69 Å². The van der Waals surface area contributed by atoms with Gasteiger partial charge in [0.15, 0.2) is 0 Å². The molecule has 0 saturated carbocycles. The van der Waals surface area contributed by atoms with Gasteiger partial charge in [0.2, 0.25) is 0 Å². The summed E-state index contributed by atoms with van der Waals surface area (Å²) in [5.74, 6) is -1.21. The molecule has 1 aliphatic heterocycles. The van der Waals surface area contributed by atoms with Crippen molar-refractivity contribution < 1.29 is 14.7 Å². The van der Waals surface area contributed by atoms with Gasteiger partial charge < -0.3 is 10.0 Å². The summed E-state index contributed by atoms with van der Waals surface area (Å²) in [5.41, 5.74) is 0.311. The first kappa shape index (κ1) is 13.5. The number of rotatable bonds is 3. The Kier molecular flexibility index (Phi) is 3.83. The van der Waals surface area contributed by atoms with Crippen LogP contribution in [-0.4, -0.2) is 39.0 Å². The van der Waals surface area contributed by atoms with Crippen molar-refractivity contribution in [3.63, 3.8) is 0 Å². The van der Waals surface area contributed by atoms with Gasteiger partial charge in [-0.2, -0.15) is 0 Å². The number of hydrogen-bond acceptors (Lipinski definition) is 3. The van der Waals surface area contributed by atoms with Gasteiger partial charge in [0.05, 0.1) is 0 Å². The molecule has 1 amide bonds. The summed E-state index contributed by atoms with van der Waals surface area (Å²) in [7, 11) is 0. The first-order chi connectivity index (χ1) is 9.04. The van der Waals surface area contributed by atoms with Crippen LogP contribution in [0.2, 0.25) is 0 Å². The minimum absolute atomic E-state index is 0.0919. The number of carboxylic acids is 1. The smallest absolute Gasteiger partial charge is 0.354 e. The molecule has 0 aromatic carbocycles. The normalized spacial score (nSPS) is 22.5. The van der Waals surface area contributed by atoms with Crippen molar-refractivity contribution in [2.45, 2.75) is 45.2 Å². The molecule has 1 fully saturated rings. The number of nitrogens with zero attached hydrogens (tertiary/aromatic N) is 2. The predicted molar refractivity (Wildman–Crippen MR) is 70.1 cm³/mol. The van der Waals surface area contributed by atoms with Gasteiger partial charge in [-0.1, -0.05) is 6.92 Å². The third kappa shape index (κ3) is 2.59. The van der Waals surface area contributed by atoms with E-state index in [1.165, 1.54) is 12.3 Å². The molecule has 2 unspecified atom stereocenters. The van der Waals surface area contributed by atoms with Gasteiger partial charge in [-0.15, -0.1) is 0 Å². The van der Waals surface area contributed by atoms with Crippen LogP contribution in [0.3, 0.4) is 0 Å². The van der Waals surface area contributed by atoms with Crippen molar-refractivity contribution in [1.82, 2.24) is 9.88 Å². The third-order valence-electron chi connectivity index (χ3n) is 3.72. The number of aromatic nitrogens is 1. The zero-order valence-corrected chi connectivity index (χ0v) is 11.2. The fourth-order valence-corrected chi connectivity index (χ4v) is 2.67. The fourth-order valence-electron chi connectivity index (χ4n) is 2.67. The molecule has 5 heteroatoms. The molecule has 1 aliphatic rings. The fraction of sp³-hybridized carbons (Fsp3) is 0.500. The van der Waals surface area contributed by atoms with Crippen molar-refractivity contribution in [3.05, 3.63) is 29.6 Å². The van der Waals surface area contributed by atoms with E-state index in [-0.39, 0.29) is 23.7 Å². The molecule has 0 bridgehead atoms. The van der Waals surface area contributed by atoms with Crippen molar-refractivity contribution in [2.24, 2.45) is 0 Å². The maximum Gasteiger partial charge on any atom is 0.354 e. The van der Waals surface area contributed by atoms with E-state index in [0.717, 1.165) is 19.3 Å². The maximum atomic E-state index is 12.5. The SMILES string of the molecule is CCC1CCC(C)N1C(=O)c1ccnc(C(=O)O)c1. The molecule has 19 heavy (non-hydrogen) atoms. The Labute approximate surface area is 112 Å². The molecule has 1 N–H and O–H groups in total. The summed E-state index contributed by atoms with van der Waals surface area (Å²) >= 11 is 0. The molecular weight excluding hydrogens is 244 g/mol. The molecule has 1 aromatic rings. The van der Waals surface area contributed by atoms with E-state index in [2.05, 4.69) is 11.9 Å². The van der Waals surface area contributed by atoms with E-state index in [1.807, 2.05) is 11.8 Å². The average molecular weight is 262 g/mol. The largest absolute Gasteiger partial charge is 0.477 e. The summed E-state index contributed by atoms with van der Waals surface area (Å²) in [6.45, 7) is 4.10. The Morgan fingerprint density at radius 2 is 2.21 bits per heavy atom.